The van der Waals surface area contributed by atoms with Gasteiger partial charge < -0.3 is 14.7 Å². The Balaban J connectivity index is 1.74. The predicted molar refractivity (Wildman–Crippen MR) is 165 cm³/mol. The van der Waals surface area contributed by atoms with Crippen molar-refractivity contribution in [1.82, 2.24) is 4.90 Å². The molecule has 6 rings (SSSR count). The summed E-state index contributed by atoms with van der Waals surface area (Å²) in [6.45, 7) is 8.17. The zero-order valence-electron chi connectivity index (χ0n) is 24.3. The van der Waals surface area contributed by atoms with Gasteiger partial charge in [0.05, 0.1) is 18.7 Å². The molecule has 6 heteroatoms. The van der Waals surface area contributed by atoms with E-state index >= 15 is 0 Å². The lowest BCUT2D eigenvalue weighted by molar-refractivity contribution is -0.155. The first-order valence-electron chi connectivity index (χ1n) is 14.4. The maximum absolute atomic E-state index is 12.4. The van der Waals surface area contributed by atoms with Crippen LogP contribution in [0.1, 0.15) is 56.2 Å². The monoisotopic (exact) mass is 558 g/mol. The van der Waals surface area contributed by atoms with Gasteiger partial charge in [-0.05, 0) is 67.2 Å². The number of thioether (sulfide) groups is 1. The second-order valence-electron chi connectivity index (χ2n) is 11.7. The molecule has 3 aliphatic heterocycles. The van der Waals surface area contributed by atoms with Gasteiger partial charge in [0.1, 0.15) is 11.4 Å². The average molecular weight is 559 g/mol. The number of benzene rings is 3. The number of piperidine rings is 3. The number of rotatable bonds is 10. The molecule has 0 radical (unpaired) electrons. The molecule has 4 unspecified atom stereocenters. The van der Waals surface area contributed by atoms with Crippen molar-refractivity contribution in [3.63, 3.8) is 0 Å². The molecular weight excluding hydrogens is 516 g/mol. The summed E-state index contributed by atoms with van der Waals surface area (Å²) in [5.41, 5.74) is 4.29. The lowest BCUT2D eigenvalue weighted by Gasteiger charge is -2.63. The summed E-state index contributed by atoms with van der Waals surface area (Å²) in [7, 11) is 3.93. The first kappa shape index (κ1) is 28.6. The number of methoxy groups -OCH3 is 1. The van der Waals surface area contributed by atoms with Crippen molar-refractivity contribution in [1.29, 1.82) is 0 Å². The number of aliphatic carboxylic acids is 1. The molecule has 2 bridgehead atoms. The number of carboxylic acids is 1. The number of hydrogen-bond donors (Lipinski definition) is 1. The Bertz CT molecular complexity index is 1280. The number of likely N-dealkylation sites (N-methyl/N-ethyl adjacent to an activating group) is 1. The van der Waals surface area contributed by atoms with Gasteiger partial charge >= 0.3 is 5.97 Å². The molecule has 0 amide bonds. The third kappa shape index (κ3) is 5.01. The molecule has 1 N–H and O–H groups in total. The van der Waals surface area contributed by atoms with Crippen molar-refractivity contribution >= 4 is 23.4 Å². The smallest absolute Gasteiger partial charge is 0.308 e. The van der Waals surface area contributed by atoms with Crippen LogP contribution in [0.15, 0.2) is 78.9 Å². The van der Waals surface area contributed by atoms with Gasteiger partial charge in [0.25, 0.3) is 0 Å². The van der Waals surface area contributed by atoms with Crippen LogP contribution in [-0.4, -0.2) is 54.6 Å². The largest absolute Gasteiger partial charge is 0.495 e. The summed E-state index contributed by atoms with van der Waals surface area (Å²) in [6, 6.07) is 28.1. The van der Waals surface area contributed by atoms with Gasteiger partial charge in [0.2, 0.25) is 0 Å². The van der Waals surface area contributed by atoms with Gasteiger partial charge in [-0.1, -0.05) is 73.7 Å². The Kier molecular flexibility index (Phi) is 8.21. The fraction of sp³-hybridized carbons (Fsp3) is 0.441. The first-order chi connectivity index (χ1) is 19.2. The zero-order chi connectivity index (χ0) is 28.5. The number of carbonyl (C=O) groups is 1. The van der Waals surface area contributed by atoms with Crippen LogP contribution in [-0.2, 0) is 9.54 Å². The summed E-state index contributed by atoms with van der Waals surface area (Å²) >= 11 is 1.94. The molecule has 3 saturated heterocycles. The topological polar surface area (TPSA) is 53.0 Å². The minimum Gasteiger partial charge on any atom is -0.495 e. The molecule has 3 fully saturated rings. The van der Waals surface area contributed by atoms with Gasteiger partial charge in [-0.3, -0.25) is 9.69 Å². The minimum absolute atomic E-state index is 0.00355. The average Bonchev–Trinajstić information content (AvgIpc) is 2.97. The van der Waals surface area contributed by atoms with Gasteiger partial charge in [0.15, 0.2) is 0 Å². The van der Waals surface area contributed by atoms with E-state index in [1.165, 1.54) is 16.7 Å². The van der Waals surface area contributed by atoms with Crippen LogP contribution in [0.2, 0.25) is 0 Å². The molecule has 0 aromatic heterocycles. The molecule has 5 nitrogen and oxygen atoms in total. The number of hydrogen-bond acceptors (Lipinski definition) is 5. The van der Waals surface area contributed by atoms with Gasteiger partial charge in [-0.15, -0.1) is 0 Å². The van der Waals surface area contributed by atoms with Gasteiger partial charge in [-0.2, -0.15) is 11.8 Å². The van der Waals surface area contributed by atoms with Crippen LogP contribution < -0.4 is 9.64 Å². The number of anilines is 1. The lowest BCUT2D eigenvalue weighted by atomic mass is 9.65. The number of carboxylic acid groups (broad SMARTS) is 1. The first-order valence-corrected chi connectivity index (χ1v) is 15.4. The highest BCUT2D eigenvalue weighted by Crippen LogP contribution is 2.54. The molecule has 3 aromatic rings. The van der Waals surface area contributed by atoms with Gasteiger partial charge in [-0.25, -0.2) is 0 Å². The molecular formula is C34H42N2O3S. The number of fused-ring (bicyclic) bond motifs is 3. The molecule has 3 heterocycles. The van der Waals surface area contributed by atoms with Crippen LogP contribution in [0.25, 0.3) is 0 Å². The fourth-order valence-corrected chi connectivity index (χ4v) is 8.25. The second kappa shape index (κ2) is 11.5. The molecule has 3 aliphatic rings. The second-order valence-corrected chi connectivity index (χ2v) is 13.6. The van der Waals surface area contributed by atoms with Crippen molar-refractivity contribution in [3.8, 4) is 5.75 Å². The SMILES string of the molecule is CCSC(C)(C)c1ccc(OC)c(N(C)C2(C(c3ccccc3)c3ccccc3)CC3CCN2CC3C(=O)O)c1. The molecule has 4 atom stereocenters. The van der Waals surface area contributed by atoms with Crippen LogP contribution in [0.4, 0.5) is 5.69 Å². The van der Waals surface area contributed by atoms with E-state index in [9.17, 15) is 9.90 Å². The highest BCUT2D eigenvalue weighted by atomic mass is 32.2. The Morgan fingerprint density at radius 2 is 1.73 bits per heavy atom. The summed E-state index contributed by atoms with van der Waals surface area (Å²) in [5.74, 6) is 0.935. The maximum atomic E-state index is 12.4. The van der Waals surface area contributed by atoms with Crippen molar-refractivity contribution in [2.45, 2.75) is 49.9 Å². The van der Waals surface area contributed by atoms with Crippen LogP contribution in [0.5, 0.6) is 5.75 Å². The molecule has 0 spiro atoms. The van der Waals surface area contributed by atoms with E-state index in [0.717, 1.165) is 36.6 Å². The van der Waals surface area contributed by atoms with Crippen LogP contribution >= 0.6 is 11.8 Å². The summed E-state index contributed by atoms with van der Waals surface area (Å²) in [4.78, 5) is 17.3. The standard InChI is InChI=1S/C34H42N2O3S/c1-6-40-33(2,3)27-17-18-30(39-5)29(21-27)35(4)34(22-26-19-20-36(34)23-28(26)32(37)38)31(24-13-9-7-10-14-24)25-15-11-8-12-16-25/h7-18,21,26,28,31H,6,19-20,22-23H2,1-5H3,(H,37,38). The van der Waals surface area contributed by atoms with E-state index in [1.54, 1.807) is 7.11 Å². The van der Waals surface area contributed by atoms with E-state index in [4.69, 9.17) is 4.74 Å². The molecule has 3 aromatic carbocycles. The lowest BCUT2D eigenvalue weighted by Crippen LogP contribution is -2.71. The van der Waals surface area contributed by atoms with E-state index in [-0.39, 0.29) is 22.5 Å². The van der Waals surface area contributed by atoms with E-state index < -0.39 is 11.6 Å². The third-order valence-electron chi connectivity index (χ3n) is 9.23. The molecule has 212 valence electrons. The Morgan fingerprint density at radius 1 is 1.10 bits per heavy atom. The summed E-state index contributed by atoms with van der Waals surface area (Å²) in [5, 5.41) is 10.2. The van der Waals surface area contributed by atoms with Crippen molar-refractivity contribution in [3.05, 3.63) is 95.6 Å². The normalized spacial score (nSPS) is 24.2. The molecule has 0 saturated carbocycles. The predicted octanol–water partition coefficient (Wildman–Crippen LogP) is 7.07. The minimum atomic E-state index is -0.681. The number of nitrogens with zero attached hydrogens (tertiary/aromatic N) is 2. The van der Waals surface area contributed by atoms with Crippen LogP contribution in [0.3, 0.4) is 0 Å². The van der Waals surface area contributed by atoms with Crippen LogP contribution in [0, 0.1) is 11.8 Å². The van der Waals surface area contributed by atoms with E-state index in [2.05, 4.69) is 116 Å². The fourth-order valence-electron chi connectivity index (χ4n) is 7.23. The summed E-state index contributed by atoms with van der Waals surface area (Å²) in [6.07, 6.45) is 1.66. The van der Waals surface area contributed by atoms with E-state index in [0.29, 0.717) is 6.54 Å². The Hall–Kier alpha value is -2.96. The highest BCUT2D eigenvalue weighted by molar-refractivity contribution is 8.00. The maximum Gasteiger partial charge on any atom is 0.308 e. The van der Waals surface area contributed by atoms with Crippen molar-refractivity contribution < 1.29 is 14.6 Å². The highest BCUT2D eigenvalue weighted by Gasteiger charge is 2.58. The van der Waals surface area contributed by atoms with E-state index in [1.807, 2.05) is 11.8 Å². The Labute approximate surface area is 243 Å². The molecule has 40 heavy (non-hydrogen) atoms. The van der Waals surface area contributed by atoms with Crippen molar-refractivity contribution in [2.24, 2.45) is 11.8 Å². The number of ether oxygens (including phenoxy) is 1. The quantitative estimate of drug-likeness (QED) is 0.287. The zero-order valence-corrected chi connectivity index (χ0v) is 25.2. The molecule has 0 aliphatic carbocycles. The van der Waals surface area contributed by atoms with Gasteiger partial charge in [0, 0.05) is 30.8 Å². The Morgan fingerprint density at radius 3 is 2.23 bits per heavy atom. The van der Waals surface area contributed by atoms with Crippen molar-refractivity contribution in [2.75, 3.05) is 37.9 Å². The third-order valence-corrected chi connectivity index (χ3v) is 10.5. The summed E-state index contributed by atoms with van der Waals surface area (Å²) < 4.78 is 5.95.